The largest absolute Gasteiger partial charge is 0.271 e. The van der Waals surface area contributed by atoms with Crippen LogP contribution in [0.5, 0.6) is 0 Å². The summed E-state index contributed by atoms with van der Waals surface area (Å²) in [6.45, 7) is 2.87. The van der Waals surface area contributed by atoms with Crippen LogP contribution in [-0.2, 0) is 6.54 Å². The molecule has 0 spiro atoms. The van der Waals surface area contributed by atoms with Gasteiger partial charge in [-0.15, -0.1) is 0 Å². The molecule has 0 saturated carbocycles. The summed E-state index contributed by atoms with van der Waals surface area (Å²) in [5, 5.41) is 5.41. The molecular weight excluding hydrogens is 250 g/mol. The predicted molar refractivity (Wildman–Crippen MR) is 78.8 cm³/mol. The highest BCUT2D eigenvalue weighted by atomic mass is 15.3. The van der Waals surface area contributed by atoms with E-state index >= 15 is 0 Å². The van der Waals surface area contributed by atoms with Gasteiger partial charge in [-0.05, 0) is 30.7 Å². The Bertz CT molecular complexity index is 714. The van der Waals surface area contributed by atoms with Crippen molar-refractivity contribution in [1.82, 2.24) is 20.2 Å². The minimum atomic E-state index is -0.106. The molecule has 2 aromatic heterocycles. The Morgan fingerprint density at radius 3 is 2.85 bits per heavy atom. The number of pyridine rings is 1. The van der Waals surface area contributed by atoms with Crippen LogP contribution in [-0.4, -0.2) is 14.8 Å². The quantitative estimate of drug-likeness (QED) is 0.560. The molecule has 3 rings (SSSR count). The summed E-state index contributed by atoms with van der Waals surface area (Å²) in [5.74, 6) is 5.80. The van der Waals surface area contributed by atoms with E-state index in [1.54, 1.807) is 6.20 Å². The molecule has 20 heavy (non-hydrogen) atoms. The van der Waals surface area contributed by atoms with Crippen LogP contribution in [0.4, 0.5) is 0 Å². The number of aryl methyl sites for hydroxylation is 1. The van der Waals surface area contributed by atoms with E-state index in [9.17, 15) is 0 Å². The first-order valence-corrected chi connectivity index (χ1v) is 6.66. The Hall–Kier alpha value is -2.24. The maximum absolute atomic E-state index is 5.80. The molecule has 0 amide bonds. The molecule has 2 heterocycles. The van der Waals surface area contributed by atoms with Crippen molar-refractivity contribution in [2.45, 2.75) is 19.5 Å². The van der Waals surface area contributed by atoms with Crippen LogP contribution in [0.25, 0.3) is 10.9 Å². The molecule has 0 aliphatic rings. The first kappa shape index (κ1) is 12.8. The zero-order chi connectivity index (χ0) is 13.9. The first-order chi connectivity index (χ1) is 9.85. The van der Waals surface area contributed by atoms with E-state index in [4.69, 9.17) is 5.84 Å². The van der Waals surface area contributed by atoms with Gasteiger partial charge in [-0.3, -0.25) is 15.5 Å². The average Bonchev–Trinajstić information content (AvgIpc) is 2.97. The number of fused-ring (bicyclic) bond motifs is 1. The van der Waals surface area contributed by atoms with Gasteiger partial charge in [-0.25, -0.2) is 5.43 Å². The van der Waals surface area contributed by atoms with Crippen molar-refractivity contribution >= 4 is 10.9 Å². The topological polar surface area (TPSA) is 68.8 Å². The second-order valence-electron chi connectivity index (χ2n) is 4.59. The third-order valence-electron chi connectivity index (χ3n) is 3.51. The van der Waals surface area contributed by atoms with Crippen molar-refractivity contribution in [3.05, 3.63) is 60.0 Å². The summed E-state index contributed by atoms with van der Waals surface area (Å²) in [5.41, 5.74) is 6.02. The molecule has 0 bridgehead atoms. The fraction of sp³-hybridized carbons (Fsp3) is 0.200. The van der Waals surface area contributed by atoms with Crippen LogP contribution < -0.4 is 11.3 Å². The number of nitrogens with zero attached hydrogens (tertiary/aromatic N) is 3. The summed E-state index contributed by atoms with van der Waals surface area (Å²) in [4.78, 5) is 4.39. The van der Waals surface area contributed by atoms with Crippen molar-refractivity contribution < 1.29 is 0 Å². The van der Waals surface area contributed by atoms with Crippen molar-refractivity contribution in [3.63, 3.8) is 0 Å². The maximum Gasteiger partial charge on any atom is 0.0885 e. The van der Waals surface area contributed by atoms with Gasteiger partial charge >= 0.3 is 0 Å². The zero-order valence-corrected chi connectivity index (χ0v) is 11.3. The van der Waals surface area contributed by atoms with Gasteiger partial charge in [0.05, 0.1) is 17.3 Å². The average molecular weight is 267 g/mol. The second-order valence-corrected chi connectivity index (χ2v) is 4.59. The Morgan fingerprint density at radius 2 is 2.05 bits per heavy atom. The van der Waals surface area contributed by atoms with Gasteiger partial charge in [0.1, 0.15) is 0 Å². The number of hydrazine groups is 1. The Balaban J connectivity index is 2.17. The summed E-state index contributed by atoms with van der Waals surface area (Å²) in [6, 6.07) is 11.9. The van der Waals surface area contributed by atoms with Gasteiger partial charge < -0.3 is 0 Å². The summed E-state index contributed by atoms with van der Waals surface area (Å²) in [6.07, 6.45) is 3.61. The molecule has 5 nitrogen and oxygen atoms in total. The van der Waals surface area contributed by atoms with Crippen LogP contribution in [0.1, 0.15) is 24.2 Å². The standard InChI is InChI=1S/C15H17N5/c1-2-20-14(8-10-18-20)15(19-16)12-7-9-17-13-6-4-3-5-11(12)13/h3-10,15,19H,2,16H2,1H3. The molecule has 102 valence electrons. The number of aromatic nitrogens is 3. The number of hydrogen-bond donors (Lipinski definition) is 2. The van der Waals surface area contributed by atoms with Gasteiger partial charge in [0.25, 0.3) is 0 Å². The normalized spacial score (nSPS) is 12.7. The van der Waals surface area contributed by atoms with Crippen LogP contribution in [0.3, 0.4) is 0 Å². The monoisotopic (exact) mass is 267 g/mol. The van der Waals surface area contributed by atoms with E-state index in [0.717, 1.165) is 28.7 Å². The maximum atomic E-state index is 5.80. The second kappa shape index (κ2) is 5.40. The molecule has 1 atom stereocenters. The van der Waals surface area contributed by atoms with Crippen molar-refractivity contribution in [2.75, 3.05) is 0 Å². The number of benzene rings is 1. The van der Waals surface area contributed by atoms with E-state index in [1.165, 1.54) is 0 Å². The fourth-order valence-electron chi connectivity index (χ4n) is 2.56. The van der Waals surface area contributed by atoms with Gasteiger partial charge in [0.15, 0.2) is 0 Å². The Kier molecular flexibility index (Phi) is 3.45. The molecule has 3 N–H and O–H groups in total. The number of nitrogens with one attached hydrogen (secondary N) is 1. The van der Waals surface area contributed by atoms with Gasteiger partial charge in [-0.2, -0.15) is 5.10 Å². The van der Waals surface area contributed by atoms with Crippen LogP contribution in [0.2, 0.25) is 0 Å². The van der Waals surface area contributed by atoms with E-state index in [2.05, 4.69) is 28.5 Å². The minimum absolute atomic E-state index is 0.106. The van der Waals surface area contributed by atoms with Gasteiger partial charge in [-0.1, -0.05) is 18.2 Å². The Labute approximate surface area is 117 Å². The molecule has 0 aliphatic carbocycles. The molecule has 0 radical (unpaired) electrons. The molecule has 1 unspecified atom stereocenters. The number of rotatable bonds is 4. The van der Waals surface area contributed by atoms with Gasteiger partial charge in [0, 0.05) is 24.3 Å². The third kappa shape index (κ3) is 2.07. The lowest BCUT2D eigenvalue weighted by atomic mass is 10.00. The third-order valence-corrected chi connectivity index (χ3v) is 3.51. The molecule has 1 aromatic carbocycles. The smallest absolute Gasteiger partial charge is 0.0885 e. The van der Waals surface area contributed by atoms with Crippen LogP contribution in [0.15, 0.2) is 48.8 Å². The predicted octanol–water partition coefficient (Wildman–Crippen LogP) is 2.00. The lowest BCUT2D eigenvalue weighted by Crippen LogP contribution is -2.30. The van der Waals surface area contributed by atoms with Crippen molar-refractivity contribution in [3.8, 4) is 0 Å². The van der Waals surface area contributed by atoms with Crippen molar-refractivity contribution in [1.29, 1.82) is 0 Å². The van der Waals surface area contributed by atoms with E-state index in [1.807, 2.05) is 41.2 Å². The van der Waals surface area contributed by atoms with E-state index in [-0.39, 0.29) is 6.04 Å². The zero-order valence-electron chi connectivity index (χ0n) is 11.3. The summed E-state index contributed by atoms with van der Waals surface area (Å²) < 4.78 is 1.94. The van der Waals surface area contributed by atoms with Gasteiger partial charge in [0.2, 0.25) is 0 Å². The van der Waals surface area contributed by atoms with E-state index in [0.29, 0.717) is 0 Å². The first-order valence-electron chi connectivity index (χ1n) is 6.66. The van der Waals surface area contributed by atoms with Crippen LogP contribution >= 0.6 is 0 Å². The highest BCUT2D eigenvalue weighted by Crippen LogP contribution is 2.27. The number of hydrogen-bond acceptors (Lipinski definition) is 4. The van der Waals surface area contributed by atoms with E-state index < -0.39 is 0 Å². The lowest BCUT2D eigenvalue weighted by molar-refractivity contribution is 0.545. The Morgan fingerprint density at radius 1 is 1.20 bits per heavy atom. The fourth-order valence-corrected chi connectivity index (χ4v) is 2.56. The number of para-hydroxylation sites is 1. The summed E-state index contributed by atoms with van der Waals surface area (Å²) >= 11 is 0. The highest BCUT2D eigenvalue weighted by molar-refractivity contribution is 5.82. The lowest BCUT2D eigenvalue weighted by Gasteiger charge is -2.19. The highest BCUT2D eigenvalue weighted by Gasteiger charge is 2.18. The molecule has 0 aliphatic heterocycles. The van der Waals surface area contributed by atoms with Crippen LogP contribution in [0, 0.1) is 0 Å². The summed E-state index contributed by atoms with van der Waals surface area (Å²) in [7, 11) is 0. The minimum Gasteiger partial charge on any atom is -0.271 e. The number of nitrogens with two attached hydrogens (primary N) is 1. The molecule has 5 heteroatoms. The SMILES string of the molecule is CCn1nccc1C(NN)c1ccnc2ccccc12. The molecule has 0 fully saturated rings. The molecular formula is C15H17N5. The van der Waals surface area contributed by atoms with Crippen molar-refractivity contribution in [2.24, 2.45) is 5.84 Å². The molecule has 3 aromatic rings. The molecule has 0 saturated heterocycles.